The summed E-state index contributed by atoms with van der Waals surface area (Å²) in [6, 6.07) is 0. The van der Waals surface area contributed by atoms with Crippen molar-refractivity contribution in [3.05, 3.63) is 0 Å². The van der Waals surface area contributed by atoms with Gasteiger partial charge in [-0.2, -0.15) is 0 Å². The molecule has 0 aliphatic rings. The van der Waals surface area contributed by atoms with E-state index in [1.807, 2.05) is 0 Å². The quantitative estimate of drug-likeness (QED) is 0.219. The van der Waals surface area contributed by atoms with E-state index in [2.05, 4.69) is 0 Å². The normalized spacial score (nSPS) is 15.4. The molecule has 74 valence electrons. The van der Waals surface area contributed by atoms with Gasteiger partial charge in [-0.15, -0.1) is 26.3 Å². The third-order valence-electron chi connectivity index (χ3n) is 0.682. The topological polar surface area (TPSA) is 44.6 Å². The van der Waals surface area contributed by atoms with Crippen molar-refractivity contribution in [3.63, 3.8) is 0 Å². The van der Waals surface area contributed by atoms with Crippen LogP contribution in [-0.2, 0) is 11.3 Å². The van der Waals surface area contributed by atoms with Crippen LogP contribution in [0.4, 0.5) is 26.3 Å². The zero-order valence-corrected chi connectivity index (χ0v) is 6.81. The van der Waals surface area contributed by atoms with Crippen molar-refractivity contribution >= 4 is 11.3 Å². The van der Waals surface area contributed by atoms with Crippen molar-refractivity contribution in [2.45, 2.75) is 12.6 Å². The average molecular weight is 224 g/mol. The Hall–Kier alpha value is 0.247. The second kappa shape index (κ2) is 4.65. The molecule has 0 aromatic heterocycles. The van der Waals surface area contributed by atoms with Crippen LogP contribution in [-0.4, -0.2) is 21.4 Å². The number of nitrogens with one attached hydrogen (secondary N) is 1. The van der Waals surface area contributed by atoms with E-state index in [4.69, 9.17) is 0 Å². The van der Waals surface area contributed by atoms with Crippen LogP contribution < -0.4 is 23.2 Å². The van der Waals surface area contributed by atoms with Gasteiger partial charge in [0.25, 0.3) is 0 Å². The molecule has 0 saturated heterocycles. The van der Waals surface area contributed by atoms with Crippen LogP contribution in [0.1, 0.15) is 0 Å². The maximum atomic E-state index is 11.3. The first-order valence-electron chi connectivity index (χ1n) is 2.17. The maximum Gasteiger partial charge on any atom is 1.00 e. The summed E-state index contributed by atoms with van der Waals surface area (Å²) in [6.45, 7) is 0. The Morgan fingerprint density at radius 1 is 1.00 bits per heavy atom. The van der Waals surface area contributed by atoms with Crippen molar-refractivity contribution in [1.82, 2.24) is 0 Å². The minimum atomic E-state index is -5.90. The van der Waals surface area contributed by atoms with Gasteiger partial charge in [0.1, 0.15) is 0 Å². The summed E-state index contributed by atoms with van der Waals surface area (Å²) in [4.78, 5) is 0. The van der Waals surface area contributed by atoms with E-state index in [0.717, 1.165) is 0 Å². The van der Waals surface area contributed by atoms with Crippen LogP contribution in [0.15, 0.2) is 0 Å². The second-order valence-corrected chi connectivity index (χ2v) is 2.44. The van der Waals surface area contributed by atoms with Crippen LogP contribution in [0.2, 0.25) is 0 Å². The minimum Gasteiger partial charge on any atom is -0.724 e. The van der Waals surface area contributed by atoms with Crippen molar-refractivity contribution in [2.75, 3.05) is 0 Å². The fourth-order valence-electron chi connectivity index (χ4n) is 0.350. The number of quaternary nitrogens is 1. The van der Waals surface area contributed by atoms with Crippen LogP contribution in [0, 0.1) is 0 Å². The Morgan fingerprint density at radius 2 is 1.23 bits per heavy atom. The Morgan fingerprint density at radius 3 is 1.23 bits per heavy atom. The van der Waals surface area contributed by atoms with Crippen molar-refractivity contribution in [2.24, 2.45) is 0 Å². The zero-order chi connectivity index (χ0) is 10.2. The third kappa shape index (κ3) is 4.87. The molecule has 3 nitrogen and oxygen atoms in total. The minimum absolute atomic E-state index is 0. The number of alkyl halides is 6. The predicted octanol–water partition coefficient (Wildman–Crippen LogP) is -3.29. The van der Waals surface area contributed by atoms with Gasteiger partial charge in [-0.05, 0) is 0 Å². The molecule has 0 radical (unpaired) electrons. The van der Waals surface area contributed by atoms with E-state index in [-0.39, 0.29) is 18.9 Å². The molecule has 0 aliphatic carbocycles. The molecular weight excluding hydrogens is 223 g/mol. The molecule has 0 rings (SSSR count). The molecule has 1 N–H and O–H groups in total. The van der Waals surface area contributed by atoms with Gasteiger partial charge in [0.2, 0.25) is 0 Å². The summed E-state index contributed by atoms with van der Waals surface area (Å²) in [6.07, 6.45) is -11.8. The standard InChI is InChI=1S/C2HF6NO2S.Li/c3-1(4,5)9(12(10)11)2(6,7)8;/h(H,10,11);/q;+1. The molecule has 1 atom stereocenters. The van der Waals surface area contributed by atoms with Gasteiger partial charge in [0.15, 0.2) is 11.3 Å². The maximum absolute atomic E-state index is 11.3. The van der Waals surface area contributed by atoms with E-state index in [1.54, 1.807) is 0 Å². The van der Waals surface area contributed by atoms with Crippen molar-refractivity contribution in [3.8, 4) is 0 Å². The number of halogens is 6. The van der Waals surface area contributed by atoms with Crippen LogP contribution in [0.5, 0.6) is 0 Å². The molecule has 0 aromatic rings. The molecule has 0 amide bonds. The van der Waals surface area contributed by atoms with Crippen molar-refractivity contribution < 1.29 is 58.3 Å². The zero-order valence-electron chi connectivity index (χ0n) is 5.99. The smallest absolute Gasteiger partial charge is 0.724 e. The third-order valence-corrected chi connectivity index (χ3v) is 1.48. The molecule has 0 spiro atoms. The first-order valence-corrected chi connectivity index (χ1v) is 3.25. The Bertz CT molecular complexity index is 176. The number of rotatable bonds is 1. The average Bonchev–Trinajstić information content (AvgIpc) is 1.49. The molecule has 0 aromatic carbocycles. The summed E-state index contributed by atoms with van der Waals surface area (Å²) in [5.74, 6) is 0. The van der Waals surface area contributed by atoms with Gasteiger partial charge in [0.05, 0.1) is 0 Å². The van der Waals surface area contributed by atoms with Crippen LogP contribution in [0.25, 0.3) is 0 Å². The summed E-state index contributed by atoms with van der Waals surface area (Å²) in [5.41, 5.74) is 0. The Kier molecular flexibility index (Phi) is 5.62. The van der Waals surface area contributed by atoms with Crippen LogP contribution in [0.3, 0.4) is 0 Å². The SMILES string of the molecule is O=S([O-])[NH+](C(F)(F)F)C(F)(F)F.[Li+]. The first-order chi connectivity index (χ1) is 5.07. The number of hydrogen-bond acceptors (Lipinski definition) is 2. The molecule has 0 fully saturated rings. The van der Waals surface area contributed by atoms with Gasteiger partial charge < -0.3 is 4.55 Å². The molecule has 11 heteroatoms. The molecule has 13 heavy (non-hydrogen) atoms. The molecule has 0 aliphatic heterocycles. The first kappa shape index (κ1) is 15.7. The predicted molar refractivity (Wildman–Crippen MR) is 22.0 cm³/mol. The Balaban J connectivity index is 0. The molecular formula is C2HF6LiNO2S+. The fraction of sp³-hybridized carbons (Fsp3) is 1.00. The largest absolute Gasteiger partial charge is 1.00 e. The van der Waals surface area contributed by atoms with E-state index in [9.17, 15) is 35.1 Å². The molecule has 0 saturated carbocycles. The molecule has 0 heterocycles. The van der Waals surface area contributed by atoms with Crippen LogP contribution >= 0.6 is 0 Å². The van der Waals surface area contributed by atoms with Gasteiger partial charge in [-0.1, -0.05) is 4.31 Å². The van der Waals surface area contributed by atoms with Crippen molar-refractivity contribution in [1.29, 1.82) is 0 Å². The van der Waals surface area contributed by atoms with Gasteiger partial charge in [-0.25, -0.2) is 4.21 Å². The van der Waals surface area contributed by atoms with Gasteiger partial charge >= 0.3 is 31.5 Å². The summed E-state index contributed by atoms with van der Waals surface area (Å²) in [5, 5.41) is 0. The second-order valence-electron chi connectivity index (χ2n) is 1.56. The van der Waals surface area contributed by atoms with E-state index >= 15 is 0 Å². The monoisotopic (exact) mass is 224 g/mol. The Labute approximate surface area is 82.7 Å². The van der Waals surface area contributed by atoms with E-state index < -0.39 is 28.2 Å². The van der Waals surface area contributed by atoms with Gasteiger partial charge in [-0.3, -0.25) is 0 Å². The summed E-state index contributed by atoms with van der Waals surface area (Å²) in [7, 11) is 0. The summed E-state index contributed by atoms with van der Waals surface area (Å²) >= 11 is -4.33. The van der Waals surface area contributed by atoms with Gasteiger partial charge in [0, 0.05) is 0 Å². The van der Waals surface area contributed by atoms with E-state index in [0.29, 0.717) is 0 Å². The fourth-order valence-corrected chi connectivity index (χ4v) is 0.728. The number of hydrogen-bond donors (Lipinski definition) is 1. The van der Waals surface area contributed by atoms with E-state index in [1.165, 1.54) is 0 Å². The molecule has 0 bridgehead atoms. The summed E-state index contributed by atoms with van der Waals surface area (Å²) < 4.78 is 83.5. The molecule has 1 unspecified atom stereocenters.